The highest BCUT2D eigenvalue weighted by Gasteiger charge is 2.14. The quantitative estimate of drug-likeness (QED) is 0.308. The highest BCUT2D eigenvalue weighted by molar-refractivity contribution is 6.18. The second-order valence-electron chi connectivity index (χ2n) is 7.18. The number of pyridine rings is 2. The summed E-state index contributed by atoms with van der Waals surface area (Å²) in [6.45, 7) is 2.03. The molecule has 6 rings (SSSR count). The first-order chi connectivity index (χ1) is 13.8. The number of hydrogen-bond donors (Lipinski definition) is 0. The molecule has 0 aliphatic rings. The lowest BCUT2D eigenvalue weighted by Gasteiger charge is -2.11. The Bertz CT molecular complexity index is 1510. The molecule has 132 valence electrons. The van der Waals surface area contributed by atoms with Gasteiger partial charge in [0.25, 0.3) is 0 Å². The molecule has 0 aliphatic carbocycles. The lowest BCUT2D eigenvalue weighted by molar-refractivity contribution is 0.669. The maximum absolute atomic E-state index is 6.12. The zero-order chi connectivity index (χ0) is 18.7. The van der Waals surface area contributed by atoms with Crippen LogP contribution in [0, 0.1) is 6.92 Å². The lowest BCUT2D eigenvalue weighted by Crippen LogP contribution is -1.90. The maximum Gasteiger partial charge on any atom is 0.136 e. The van der Waals surface area contributed by atoms with Crippen LogP contribution >= 0.6 is 0 Å². The van der Waals surface area contributed by atoms with Crippen LogP contribution < -0.4 is 0 Å². The van der Waals surface area contributed by atoms with E-state index in [-0.39, 0.29) is 0 Å². The van der Waals surface area contributed by atoms with Gasteiger partial charge in [-0.05, 0) is 54.3 Å². The topological polar surface area (TPSA) is 38.9 Å². The molecule has 0 bridgehead atoms. The first-order valence-electron chi connectivity index (χ1n) is 9.34. The number of hydrogen-bond acceptors (Lipinski definition) is 3. The average Bonchev–Trinajstić information content (AvgIpc) is 3.10. The van der Waals surface area contributed by atoms with Crippen molar-refractivity contribution in [3.63, 3.8) is 0 Å². The van der Waals surface area contributed by atoms with Crippen LogP contribution in [0.3, 0.4) is 0 Å². The Morgan fingerprint density at radius 1 is 0.750 bits per heavy atom. The van der Waals surface area contributed by atoms with Crippen LogP contribution in [0.15, 0.2) is 83.5 Å². The minimum absolute atomic E-state index is 0.896. The van der Waals surface area contributed by atoms with Crippen molar-refractivity contribution in [3.05, 3.63) is 84.8 Å². The van der Waals surface area contributed by atoms with Gasteiger partial charge in [-0.1, -0.05) is 30.3 Å². The Balaban J connectivity index is 1.81. The highest BCUT2D eigenvalue weighted by Crippen LogP contribution is 2.38. The molecule has 0 saturated heterocycles. The van der Waals surface area contributed by atoms with E-state index >= 15 is 0 Å². The van der Waals surface area contributed by atoms with E-state index in [2.05, 4.69) is 47.4 Å². The predicted octanol–water partition coefficient (Wildman–Crippen LogP) is 6.66. The number of aryl methyl sites for hydroxylation is 1. The predicted molar refractivity (Wildman–Crippen MR) is 114 cm³/mol. The molecular formula is C25H16N2O. The maximum atomic E-state index is 6.12. The third kappa shape index (κ3) is 2.16. The monoisotopic (exact) mass is 360 g/mol. The number of aromatic nitrogens is 2. The van der Waals surface area contributed by atoms with Crippen molar-refractivity contribution in [1.29, 1.82) is 0 Å². The Hall–Kier alpha value is -3.72. The van der Waals surface area contributed by atoms with Gasteiger partial charge in [-0.15, -0.1) is 0 Å². The first kappa shape index (κ1) is 15.3. The van der Waals surface area contributed by atoms with Crippen LogP contribution in [0.25, 0.3) is 54.7 Å². The van der Waals surface area contributed by atoms with E-state index in [1.807, 2.05) is 37.4 Å². The molecule has 3 nitrogen and oxygen atoms in total. The summed E-state index contributed by atoms with van der Waals surface area (Å²) in [6.07, 6.45) is 3.71. The molecular weight excluding hydrogens is 344 g/mol. The van der Waals surface area contributed by atoms with Crippen molar-refractivity contribution in [2.75, 3.05) is 0 Å². The molecule has 0 fully saturated rings. The molecule has 3 aromatic heterocycles. The van der Waals surface area contributed by atoms with Gasteiger partial charge in [0, 0.05) is 45.2 Å². The molecule has 0 saturated carbocycles. The van der Waals surface area contributed by atoms with E-state index in [1.54, 1.807) is 6.20 Å². The fraction of sp³-hybridized carbons (Fsp3) is 0.0400. The van der Waals surface area contributed by atoms with Crippen LogP contribution in [-0.2, 0) is 0 Å². The summed E-state index contributed by atoms with van der Waals surface area (Å²) in [4.78, 5) is 9.20. The number of furan rings is 1. The number of rotatable bonds is 1. The van der Waals surface area contributed by atoms with Gasteiger partial charge >= 0.3 is 0 Å². The third-order valence-electron chi connectivity index (χ3n) is 5.40. The van der Waals surface area contributed by atoms with Crippen molar-refractivity contribution in [2.24, 2.45) is 0 Å². The van der Waals surface area contributed by atoms with Crippen molar-refractivity contribution < 1.29 is 4.42 Å². The standard InChI is InChI=1S/C25H16N2O/c1-15-8-9-19-20(16-5-4-10-26-14-16)11-17-12-22-18-6-2-3-7-23(18)28-24(22)13-21(17)25(19)27-15/h2-14H,1H3. The number of para-hydroxylation sites is 1. The van der Waals surface area contributed by atoms with E-state index in [1.165, 1.54) is 0 Å². The summed E-state index contributed by atoms with van der Waals surface area (Å²) in [6, 6.07) is 23.1. The number of benzene rings is 3. The van der Waals surface area contributed by atoms with E-state index in [9.17, 15) is 0 Å². The fourth-order valence-electron chi connectivity index (χ4n) is 4.09. The van der Waals surface area contributed by atoms with Crippen LogP contribution in [0.1, 0.15) is 5.69 Å². The third-order valence-corrected chi connectivity index (χ3v) is 5.40. The molecule has 3 heteroatoms. The van der Waals surface area contributed by atoms with E-state index in [0.29, 0.717) is 0 Å². The van der Waals surface area contributed by atoms with Crippen molar-refractivity contribution >= 4 is 43.6 Å². The van der Waals surface area contributed by atoms with Gasteiger partial charge in [0.15, 0.2) is 0 Å². The van der Waals surface area contributed by atoms with Gasteiger partial charge in [0.1, 0.15) is 11.2 Å². The SMILES string of the molecule is Cc1ccc2c(-c3cccnc3)cc3cc4c(cc3c2n1)oc1ccccc14. The molecule has 0 atom stereocenters. The Kier molecular flexibility index (Phi) is 3.09. The largest absolute Gasteiger partial charge is 0.456 e. The minimum atomic E-state index is 0.896. The summed E-state index contributed by atoms with van der Waals surface area (Å²) >= 11 is 0. The van der Waals surface area contributed by atoms with Gasteiger partial charge < -0.3 is 4.42 Å². The number of fused-ring (bicyclic) bond motifs is 6. The Morgan fingerprint density at radius 3 is 2.57 bits per heavy atom. The first-order valence-corrected chi connectivity index (χ1v) is 9.34. The molecule has 6 aromatic rings. The van der Waals surface area contributed by atoms with E-state index in [4.69, 9.17) is 9.40 Å². The molecule has 3 aromatic carbocycles. The molecule has 0 spiro atoms. The van der Waals surface area contributed by atoms with Gasteiger partial charge in [-0.25, -0.2) is 0 Å². The molecule has 0 aliphatic heterocycles. The molecule has 0 unspecified atom stereocenters. The average molecular weight is 360 g/mol. The van der Waals surface area contributed by atoms with Crippen molar-refractivity contribution in [3.8, 4) is 11.1 Å². The normalized spacial score (nSPS) is 11.8. The lowest BCUT2D eigenvalue weighted by atomic mass is 9.95. The van der Waals surface area contributed by atoms with Gasteiger partial charge in [-0.2, -0.15) is 0 Å². The number of nitrogens with zero attached hydrogens (tertiary/aromatic N) is 2. The summed E-state index contributed by atoms with van der Waals surface area (Å²) in [5.41, 5.74) is 6.05. The zero-order valence-corrected chi connectivity index (χ0v) is 15.3. The molecule has 28 heavy (non-hydrogen) atoms. The summed E-state index contributed by atoms with van der Waals surface area (Å²) in [5.74, 6) is 0. The smallest absolute Gasteiger partial charge is 0.136 e. The van der Waals surface area contributed by atoms with Gasteiger partial charge in [0.2, 0.25) is 0 Å². The molecule has 0 amide bonds. The molecule has 3 heterocycles. The summed E-state index contributed by atoms with van der Waals surface area (Å²) in [5, 5.41) is 5.66. The van der Waals surface area contributed by atoms with Crippen molar-refractivity contribution in [2.45, 2.75) is 6.92 Å². The summed E-state index contributed by atoms with van der Waals surface area (Å²) < 4.78 is 6.12. The fourth-order valence-corrected chi connectivity index (χ4v) is 4.09. The Morgan fingerprint density at radius 2 is 1.68 bits per heavy atom. The molecule has 0 N–H and O–H groups in total. The van der Waals surface area contributed by atoms with E-state index < -0.39 is 0 Å². The highest BCUT2D eigenvalue weighted by atomic mass is 16.3. The Labute approximate surface area is 161 Å². The van der Waals surface area contributed by atoms with Crippen LogP contribution in [-0.4, -0.2) is 9.97 Å². The van der Waals surface area contributed by atoms with Gasteiger partial charge in [-0.3, -0.25) is 9.97 Å². The van der Waals surface area contributed by atoms with Gasteiger partial charge in [0.05, 0.1) is 5.52 Å². The molecule has 0 radical (unpaired) electrons. The van der Waals surface area contributed by atoms with E-state index in [0.717, 1.165) is 60.4 Å². The van der Waals surface area contributed by atoms with Crippen molar-refractivity contribution in [1.82, 2.24) is 9.97 Å². The second kappa shape index (κ2) is 5.64. The zero-order valence-electron chi connectivity index (χ0n) is 15.3. The van der Waals surface area contributed by atoms with Crippen LogP contribution in [0.5, 0.6) is 0 Å². The van der Waals surface area contributed by atoms with Crippen LogP contribution in [0.4, 0.5) is 0 Å². The summed E-state index contributed by atoms with van der Waals surface area (Å²) in [7, 11) is 0. The van der Waals surface area contributed by atoms with Crippen LogP contribution in [0.2, 0.25) is 0 Å². The second-order valence-corrected chi connectivity index (χ2v) is 7.18. The minimum Gasteiger partial charge on any atom is -0.456 e.